The van der Waals surface area contributed by atoms with E-state index in [2.05, 4.69) is 29.1 Å². The van der Waals surface area contributed by atoms with Crippen molar-refractivity contribution in [3.63, 3.8) is 0 Å². The quantitative estimate of drug-likeness (QED) is 0.539. The van der Waals surface area contributed by atoms with Crippen molar-refractivity contribution in [1.29, 1.82) is 0 Å². The van der Waals surface area contributed by atoms with Crippen LogP contribution < -0.4 is 11.1 Å². The van der Waals surface area contributed by atoms with E-state index in [-0.39, 0.29) is 0 Å². The van der Waals surface area contributed by atoms with Gasteiger partial charge in [0.15, 0.2) is 0 Å². The van der Waals surface area contributed by atoms with Crippen molar-refractivity contribution in [1.82, 2.24) is 9.97 Å². The summed E-state index contributed by atoms with van der Waals surface area (Å²) < 4.78 is 0. The first-order valence-electron chi connectivity index (χ1n) is 7.38. The molecule has 0 bridgehead atoms. The normalized spacial score (nSPS) is 10.8. The van der Waals surface area contributed by atoms with Gasteiger partial charge >= 0.3 is 0 Å². The second-order valence-corrected chi connectivity index (χ2v) is 6.05. The molecule has 4 nitrogen and oxygen atoms in total. The van der Waals surface area contributed by atoms with Gasteiger partial charge in [0.2, 0.25) is 5.95 Å². The monoisotopic (exact) mass is 294 g/mol. The summed E-state index contributed by atoms with van der Waals surface area (Å²) >= 11 is 4.95. The third kappa shape index (κ3) is 6.80. The van der Waals surface area contributed by atoms with Crippen LogP contribution in [0.1, 0.15) is 57.3 Å². The van der Waals surface area contributed by atoms with E-state index in [1.807, 2.05) is 6.92 Å². The van der Waals surface area contributed by atoms with Crippen LogP contribution >= 0.6 is 12.2 Å². The molecule has 0 unspecified atom stereocenters. The molecule has 0 atom stereocenters. The minimum absolute atomic E-state index is 0.312. The first-order valence-corrected chi connectivity index (χ1v) is 7.79. The van der Waals surface area contributed by atoms with Crippen LogP contribution in [-0.4, -0.2) is 21.5 Å². The van der Waals surface area contributed by atoms with E-state index in [0.717, 1.165) is 24.6 Å². The van der Waals surface area contributed by atoms with Crippen molar-refractivity contribution < 1.29 is 0 Å². The number of thiocarbonyl (C=S) groups is 1. The zero-order valence-electron chi connectivity index (χ0n) is 12.8. The van der Waals surface area contributed by atoms with Gasteiger partial charge in [0, 0.05) is 12.2 Å². The fourth-order valence-electron chi connectivity index (χ4n) is 2.01. The van der Waals surface area contributed by atoms with Gasteiger partial charge in [-0.1, -0.05) is 51.7 Å². The van der Waals surface area contributed by atoms with Gasteiger partial charge in [-0.05, 0) is 25.3 Å². The second-order valence-electron chi connectivity index (χ2n) is 5.61. The molecule has 0 aliphatic rings. The summed E-state index contributed by atoms with van der Waals surface area (Å²) in [7, 11) is 0. The number of nitrogens with zero attached hydrogens (tertiary/aromatic N) is 2. The Morgan fingerprint density at radius 1 is 1.25 bits per heavy atom. The first-order chi connectivity index (χ1) is 9.49. The van der Waals surface area contributed by atoms with Crippen LogP contribution in [0.4, 0.5) is 5.95 Å². The van der Waals surface area contributed by atoms with Crippen molar-refractivity contribution in [3.8, 4) is 0 Å². The number of hydrogen-bond acceptors (Lipinski definition) is 4. The third-order valence-electron chi connectivity index (χ3n) is 3.10. The number of rotatable bonds is 9. The van der Waals surface area contributed by atoms with Crippen molar-refractivity contribution in [2.45, 2.75) is 52.9 Å². The molecule has 1 aromatic rings. The Morgan fingerprint density at radius 2 is 1.95 bits per heavy atom. The highest BCUT2D eigenvalue weighted by atomic mass is 32.1. The summed E-state index contributed by atoms with van der Waals surface area (Å²) in [6.45, 7) is 7.36. The fraction of sp³-hybridized carbons (Fsp3) is 0.667. The summed E-state index contributed by atoms with van der Waals surface area (Å²) in [5.41, 5.74) is 7.11. The largest absolute Gasteiger partial charge is 0.388 e. The number of hydrogen-bond donors (Lipinski definition) is 2. The lowest BCUT2D eigenvalue weighted by atomic mass is 10.0. The summed E-state index contributed by atoms with van der Waals surface area (Å²) in [6, 6.07) is 1.80. The molecule has 0 aliphatic heterocycles. The van der Waals surface area contributed by atoms with Crippen LogP contribution in [0.25, 0.3) is 0 Å². The van der Waals surface area contributed by atoms with Gasteiger partial charge in [-0.15, -0.1) is 0 Å². The zero-order chi connectivity index (χ0) is 15.0. The fourth-order valence-corrected chi connectivity index (χ4v) is 2.11. The molecule has 1 aromatic heterocycles. The van der Waals surface area contributed by atoms with Crippen LogP contribution in [0.5, 0.6) is 0 Å². The van der Waals surface area contributed by atoms with Gasteiger partial charge in [-0.2, -0.15) is 0 Å². The van der Waals surface area contributed by atoms with Crippen LogP contribution in [0.3, 0.4) is 0 Å². The molecule has 0 spiro atoms. The Bertz CT molecular complexity index is 432. The second kappa shape index (κ2) is 8.84. The molecule has 1 rings (SSSR count). The topological polar surface area (TPSA) is 63.8 Å². The molecule has 0 fully saturated rings. The molecular weight excluding hydrogens is 268 g/mol. The van der Waals surface area contributed by atoms with Crippen LogP contribution in [0.15, 0.2) is 6.07 Å². The predicted octanol–water partition coefficient (Wildman–Crippen LogP) is 3.44. The van der Waals surface area contributed by atoms with Crippen LogP contribution in [-0.2, 0) is 0 Å². The molecular formula is C15H26N4S. The first kappa shape index (κ1) is 16.8. The van der Waals surface area contributed by atoms with E-state index < -0.39 is 0 Å². The molecule has 0 saturated carbocycles. The van der Waals surface area contributed by atoms with E-state index in [1.54, 1.807) is 6.07 Å². The number of nitrogens with one attached hydrogen (secondary N) is 1. The number of aryl methyl sites for hydroxylation is 1. The Kier molecular flexibility index (Phi) is 7.44. The molecule has 1 heterocycles. The predicted molar refractivity (Wildman–Crippen MR) is 89.1 cm³/mol. The molecule has 0 amide bonds. The molecule has 20 heavy (non-hydrogen) atoms. The molecule has 0 aromatic carbocycles. The minimum atomic E-state index is 0.312. The van der Waals surface area contributed by atoms with E-state index >= 15 is 0 Å². The van der Waals surface area contributed by atoms with Gasteiger partial charge in [-0.3, -0.25) is 0 Å². The number of nitrogens with two attached hydrogens (primary N) is 1. The average molecular weight is 294 g/mol. The summed E-state index contributed by atoms with van der Waals surface area (Å²) in [4.78, 5) is 8.95. The number of anilines is 1. The lowest BCUT2D eigenvalue weighted by molar-refractivity contribution is 0.523. The molecule has 0 saturated heterocycles. The highest BCUT2D eigenvalue weighted by Crippen LogP contribution is 2.10. The smallest absolute Gasteiger partial charge is 0.223 e. The Hall–Kier alpha value is -1.23. The van der Waals surface area contributed by atoms with Gasteiger partial charge in [0.25, 0.3) is 0 Å². The van der Waals surface area contributed by atoms with Crippen molar-refractivity contribution in [2.75, 3.05) is 11.9 Å². The lowest BCUT2D eigenvalue weighted by Crippen LogP contribution is -2.15. The maximum Gasteiger partial charge on any atom is 0.223 e. The molecule has 0 radical (unpaired) electrons. The van der Waals surface area contributed by atoms with Gasteiger partial charge < -0.3 is 11.1 Å². The van der Waals surface area contributed by atoms with Gasteiger partial charge in [0.1, 0.15) is 10.7 Å². The molecule has 112 valence electrons. The van der Waals surface area contributed by atoms with Crippen molar-refractivity contribution in [3.05, 3.63) is 17.5 Å². The summed E-state index contributed by atoms with van der Waals surface area (Å²) in [6.07, 6.45) is 6.33. The number of unbranched alkanes of at least 4 members (excludes halogenated alkanes) is 3. The van der Waals surface area contributed by atoms with Gasteiger partial charge in [0.05, 0.1) is 0 Å². The SMILES string of the molecule is Cc1cc(C(N)=S)nc(NCCCCCCC(C)C)n1. The highest BCUT2D eigenvalue weighted by Gasteiger charge is 2.03. The lowest BCUT2D eigenvalue weighted by Gasteiger charge is -2.08. The standard InChI is InChI=1S/C15H26N4S/c1-11(2)8-6-4-5-7-9-17-15-18-12(3)10-13(19-15)14(16)20/h10-11H,4-9H2,1-3H3,(H2,16,20)(H,17,18,19). The maximum absolute atomic E-state index is 5.60. The number of aromatic nitrogens is 2. The van der Waals surface area contributed by atoms with E-state index in [4.69, 9.17) is 18.0 Å². The Labute approximate surface area is 127 Å². The Balaban J connectivity index is 2.27. The van der Waals surface area contributed by atoms with E-state index in [1.165, 1.54) is 25.7 Å². The summed E-state index contributed by atoms with van der Waals surface area (Å²) in [5.74, 6) is 1.43. The molecule has 3 N–H and O–H groups in total. The summed E-state index contributed by atoms with van der Waals surface area (Å²) in [5, 5.41) is 3.24. The highest BCUT2D eigenvalue weighted by molar-refractivity contribution is 7.80. The molecule has 5 heteroatoms. The van der Waals surface area contributed by atoms with E-state index in [9.17, 15) is 0 Å². The third-order valence-corrected chi connectivity index (χ3v) is 3.31. The Morgan fingerprint density at radius 3 is 2.60 bits per heavy atom. The minimum Gasteiger partial charge on any atom is -0.388 e. The average Bonchev–Trinajstić information content (AvgIpc) is 2.36. The van der Waals surface area contributed by atoms with Crippen molar-refractivity contribution >= 4 is 23.2 Å². The van der Waals surface area contributed by atoms with Gasteiger partial charge in [-0.25, -0.2) is 9.97 Å². The van der Waals surface area contributed by atoms with Crippen LogP contribution in [0, 0.1) is 12.8 Å². The van der Waals surface area contributed by atoms with Crippen LogP contribution in [0.2, 0.25) is 0 Å². The maximum atomic E-state index is 5.60. The van der Waals surface area contributed by atoms with Crippen molar-refractivity contribution in [2.24, 2.45) is 11.7 Å². The van der Waals surface area contributed by atoms with E-state index in [0.29, 0.717) is 16.6 Å². The zero-order valence-corrected chi connectivity index (χ0v) is 13.6. The molecule has 0 aliphatic carbocycles.